The van der Waals surface area contributed by atoms with Crippen molar-refractivity contribution >= 4 is 5.91 Å². The van der Waals surface area contributed by atoms with Crippen molar-refractivity contribution in [1.82, 2.24) is 4.90 Å². The molecule has 120 valence electrons. The number of phenolic OH excluding ortho intramolecular Hbond substituents is 1. The molecule has 1 atom stereocenters. The molecular weight excluding hydrogens is 293 g/mol. The summed E-state index contributed by atoms with van der Waals surface area (Å²) in [6, 6.07) is 11.7. The van der Waals surface area contributed by atoms with Gasteiger partial charge in [-0.05, 0) is 61.1 Å². The fourth-order valence-electron chi connectivity index (χ4n) is 3.17. The molecule has 1 N–H and O–H groups in total. The maximum absolute atomic E-state index is 13.3. The number of amides is 1. The minimum Gasteiger partial charge on any atom is -0.508 e. The molecule has 23 heavy (non-hydrogen) atoms. The van der Waals surface area contributed by atoms with Crippen LogP contribution in [0.3, 0.4) is 0 Å². The van der Waals surface area contributed by atoms with Gasteiger partial charge in [0, 0.05) is 18.7 Å². The molecular formula is C19H20FNO2. The Balaban J connectivity index is 1.64. The molecule has 0 spiro atoms. The summed E-state index contributed by atoms with van der Waals surface area (Å²) in [6.45, 7) is 3.19. The van der Waals surface area contributed by atoms with E-state index in [1.165, 1.54) is 12.1 Å². The molecule has 0 radical (unpaired) electrons. The molecule has 1 heterocycles. The Hall–Kier alpha value is -2.36. The van der Waals surface area contributed by atoms with Crippen LogP contribution in [-0.4, -0.2) is 29.0 Å². The van der Waals surface area contributed by atoms with Crippen molar-refractivity contribution < 1.29 is 14.3 Å². The molecule has 0 saturated carbocycles. The molecule has 2 aromatic carbocycles. The van der Waals surface area contributed by atoms with Crippen LogP contribution in [0.5, 0.6) is 5.75 Å². The van der Waals surface area contributed by atoms with E-state index in [0.717, 1.165) is 24.9 Å². The molecule has 1 aliphatic heterocycles. The number of halogens is 1. The number of nitrogens with zero attached hydrogens (tertiary/aromatic N) is 1. The van der Waals surface area contributed by atoms with E-state index in [-0.39, 0.29) is 17.5 Å². The third-order valence-electron chi connectivity index (χ3n) is 4.41. The molecule has 1 fully saturated rings. The maximum atomic E-state index is 13.3. The summed E-state index contributed by atoms with van der Waals surface area (Å²) in [5.41, 5.74) is 2.29. The van der Waals surface area contributed by atoms with Crippen LogP contribution in [0.2, 0.25) is 0 Å². The van der Waals surface area contributed by atoms with Gasteiger partial charge in [0.1, 0.15) is 11.6 Å². The average molecular weight is 313 g/mol. The molecule has 1 unspecified atom stereocenters. The van der Waals surface area contributed by atoms with Gasteiger partial charge < -0.3 is 10.0 Å². The number of aromatic hydroxyl groups is 1. The second kappa shape index (κ2) is 6.41. The van der Waals surface area contributed by atoms with E-state index in [2.05, 4.69) is 0 Å². The lowest BCUT2D eigenvalue weighted by molar-refractivity contribution is 0.0786. The second-order valence-electron chi connectivity index (χ2n) is 6.24. The van der Waals surface area contributed by atoms with E-state index >= 15 is 0 Å². The highest BCUT2D eigenvalue weighted by Gasteiger charge is 2.27. The van der Waals surface area contributed by atoms with Crippen LogP contribution in [0.4, 0.5) is 4.39 Å². The van der Waals surface area contributed by atoms with Crippen molar-refractivity contribution in [3.8, 4) is 5.75 Å². The summed E-state index contributed by atoms with van der Waals surface area (Å²) in [6.07, 6.45) is 1.80. The lowest BCUT2D eigenvalue weighted by Crippen LogP contribution is -2.28. The standard InChI is InChI=1S/C19H20FNO2/c1-13-9-14(5-6-18(13)20)10-15-7-8-21(12-15)19(23)16-3-2-4-17(22)11-16/h2-6,9,11,15,22H,7-8,10,12H2,1H3. The molecule has 0 bridgehead atoms. The Morgan fingerprint density at radius 1 is 1.30 bits per heavy atom. The number of aryl methyl sites for hydroxylation is 1. The first-order valence-corrected chi connectivity index (χ1v) is 7.86. The van der Waals surface area contributed by atoms with E-state index in [1.807, 2.05) is 17.0 Å². The molecule has 0 aliphatic carbocycles. The van der Waals surface area contributed by atoms with Crippen LogP contribution in [0.25, 0.3) is 0 Å². The fraction of sp³-hybridized carbons (Fsp3) is 0.316. The predicted molar refractivity (Wildman–Crippen MR) is 87.0 cm³/mol. The first-order valence-electron chi connectivity index (χ1n) is 7.86. The van der Waals surface area contributed by atoms with Gasteiger partial charge in [-0.1, -0.05) is 18.2 Å². The highest BCUT2D eigenvalue weighted by Crippen LogP contribution is 2.24. The van der Waals surface area contributed by atoms with Crippen molar-refractivity contribution in [3.63, 3.8) is 0 Å². The smallest absolute Gasteiger partial charge is 0.253 e. The molecule has 2 aromatic rings. The summed E-state index contributed by atoms with van der Waals surface area (Å²) < 4.78 is 13.3. The van der Waals surface area contributed by atoms with Gasteiger partial charge in [-0.2, -0.15) is 0 Å². The Morgan fingerprint density at radius 2 is 2.13 bits per heavy atom. The van der Waals surface area contributed by atoms with Gasteiger partial charge in [-0.25, -0.2) is 4.39 Å². The van der Waals surface area contributed by atoms with E-state index in [9.17, 15) is 14.3 Å². The largest absolute Gasteiger partial charge is 0.508 e. The van der Waals surface area contributed by atoms with Gasteiger partial charge in [0.05, 0.1) is 0 Å². The maximum Gasteiger partial charge on any atom is 0.253 e. The van der Waals surface area contributed by atoms with Crippen LogP contribution in [0.15, 0.2) is 42.5 Å². The Kier molecular flexibility index (Phi) is 4.33. The molecule has 3 rings (SSSR count). The van der Waals surface area contributed by atoms with Gasteiger partial charge >= 0.3 is 0 Å². The number of likely N-dealkylation sites (tertiary alicyclic amines) is 1. The number of carbonyl (C=O) groups excluding carboxylic acids is 1. The van der Waals surface area contributed by atoms with Crippen molar-refractivity contribution in [1.29, 1.82) is 0 Å². The lowest BCUT2D eigenvalue weighted by atomic mass is 9.97. The Labute approximate surface area is 135 Å². The molecule has 0 aromatic heterocycles. The monoisotopic (exact) mass is 313 g/mol. The van der Waals surface area contributed by atoms with E-state index < -0.39 is 0 Å². The van der Waals surface area contributed by atoms with Crippen LogP contribution in [-0.2, 0) is 6.42 Å². The highest BCUT2D eigenvalue weighted by molar-refractivity contribution is 5.94. The SMILES string of the molecule is Cc1cc(CC2CCN(C(=O)c3cccc(O)c3)C2)ccc1F. The normalized spacial score (nSPS) is 17.5. The third kappa shape index (κ3) is 3.52. The van der Waals surface area contributed by atoms with Crippen molar-refractivity contribution in [2.24, 2.45) is 5.92 Å². The van der Waals surface area contributed by atoms with Gasteiger partial charge in [0.25, 0.3) is 5.91 Å². The summed E-state index contributed by atoms with van der Waals surface area (Å²) in [4.78, 5) is 14.3. The predicted octanol–water partition coefficient (Wildman–Crippen LogP) is 3.54. The minimum absolute atomic E-state index is 0.0429. The summed E-state index contributed by atoms with van der Waals surface area (Å²) in [5, 5.41) is 9.50. The average Bonchev–Trinajstić information content (AvgIpc) is 2.99. The van der Waals surface area contributed by atoms with Gasteiger partial charge in [-0.15, -0.1) is 0 Å². The van der Waals surface area contributed by atoms with E-state index in [0.29, 0.717) is 23.6 Å². The Morgan fingerprint density at radius 3 is 2.87 bits per heavy atom. The lowest BCUT2D eigenvalue weighted by Gasteiger charge is -2.17. The first-order chi connectivity index (χ1) is 11.0. The third-order valence-corrected chi connectivity index (χ3v) is 4.41. The minimum atomic E-state index is -0.180. The number of hydrogen-bond donors (Lipinski definition) is 1. The van der Waals surface area contributed by atoms with Gasteiger partial charge in [0.15, 0.2) is 0 Å². The number of carbonyl (C=O) groups is 1. The van der Waals surface area contributed by atoms with Crippen LogP contribution >= 0.6 is 0 Å². The first kappa shape index (κ1) is 15.5. The molecule has 1 amide bonds. The molecule has 4 heteroatoms. The highest BCUT2D eigenvalue weighted by atomic mass is 19.1. The summed E-state index contributed by atoms with van der Waals surface area (Å²) in [5.74, 6) is 0.272. The van der Waals surface area contributed by atoms with Gasteiger partial charge in [-0.3, -0.25) is 4.79 Å². The van der Waals surface area contributed by atoms with Crippen LogP contribution in [0.1, 0.15) is 27.9 Å². The quantitative estimate of drug-likeness (QED) is 0.941. The van der Waals surface area contributed by atoms with Crippen LogP contribution in [0, 0.1) is 18.7 Å². The number of benzene rings is 2. The van der Waals surface area contributed by atoms with E-state index in [1.54, 1.807) is 25.1 Å². The van der Waals surface area contributed by atoms with Crippen molar-refractivity contribution in [2.75, 3.05) is 13.1 Å². The summed E-state index contributed by atoms with van der Waals surface area (Å²) in [7, 11) is 0. The zero-order valence-corrected chi connectivity index (χ0v) is 13.1. The van der Waals surface area contributed by atoms with Crippen molar-refractivity contribution in [3.05, 3.63) is 65.0 Å². The molecule has 1 aliphatic rings. The number of phenols is 1. The van der Waals surface area contributed by atoms with Crippen molar-refractivity contribution in [2.45, 2.75) is 19.8 Å². The number of hydrogen-bond acceptors (Lipinski definition) is 2. The second-order valence-corrected chi connectivity index (χ2v) is 6.24. The molecule has 3 nitrogen and oxygen atoms in total. The fourth-order valence-corrected chi connectivity index (χ4v) is 3.17. The summed E-state index contributed by atoms with van der Waals surface area (Å²) >= 11 is 0. The number of rotatable bonds is 3. The van der Waals surface area contributed by atoms with Crippen LogP contribution < -0.4 is 0 Å². The molecule has 1 saturated heterocycles. The van der Waals surface area contributed by atoms with E-state index in [4.69, 9.17) is 0 Å². The topological polar surface area (TPSA) is 40.5 Å². The van der Waals surface area contributed by atoms with Gasteiger partial charge in [0.2, 0.25) is 0 Å². The zero-order chi connectivity index (χ0) is 16.4. The Bertz CT molecular complexity index is 729. The zero-order valence-electron chi connectivity index (χ0n) is 13.1.